The number of aryl methyl sites for hydroxylation is 1. The van der Waals surface area contributed by atoms with E-state index in [0.717, 1.165) is 29.8 Å². The molecule has 3 heteroatoms. The van der Waals surface area contributed by atoms with Crippen LogP contribution < -0.4 is 4.74 Å². The van der Waals surface area contributed by atoms with Crippen LogP contribution in [0.5, 0.6) is 5.75 Å². The zero-order valence-corrected chi connectivity index (χ0v) is 14.4. The molecule has 0 heterocycles. The van der Waals surface area contributed by atoms with Gasteiger partial charge in [-0.15, -0.1) is 0 Å². The van der Waals surface area contributed by atoms with Gasteiger partial charge in [0.15, 0.2) is 5.78 Å². The lowest BCUT2D eigenvalue weighted by atomic mass is 10.0. The summed E-state index contributed by atoms with van der Waals surface area (Å²) < 4.78 is 6.28. The molecule has 1 unspecified atom stereocenters. The van der Waals surface area contributed by atoms with E-state index in [1.807, 2.05) is 43.3 Å². The zero-order valence-electron chi connectivity index (χ0n) is 14.4. The molecule has 0 saturated heterocycles. The van der Waals surface area contributed by atoms with Gasteiger partial charge in [0.05, 0.1) is 0 Å². The summed E-state index contributed by atoms with van der Waals surface area (Å²) in [7, 11) is 4.13. The molecule has 2 rings (SSSR count). The van der Waals surface area contributed by atoms with Gasteiger partial charge in [0, 0.05) is 18.5 Å². The van der Waals surface area contributed by atoms with Crippen LogP contribution in [0.15, 0.2) is 48.5 Å². The van der Waals surface area contributed by atoms with Crippen molar-refractivity contribution < 1.29 is 9.53 Å². The molecule has 2 aromatic carbocycles. The van der Waals surface area contributed by atoms with Crippen molar-refractivity contribution in [3.8, 4) is 5.75 Å². The molecule has 0 aliphatic rings. The van der Waals surface area contributed by atoms with Crippen molar-refractivity contribution in [2.75, 3.05) is 20.6 Å². The lowest BCUT2D eigenvalue weighted by Gasteiger charge is -2.22. The average Bonchev–Trinajstić information content (AvgIpc) is 2.53. The van der Waals surface area contributed by atoms with Crippen molar-refractivity contribution in [1.29, 1.82) is 0 Å². The molecule has 3 nitrogen and oxygen atoms in total. The van der Waals surface area contributed by atoms with Crippen molar-refractivity contribution >= 4 is 5.78 Å². The molecule has 1 atom stereocenters. The Bertz CT molecular complexity index is 650. The SMILES string of the molecule is CC(=O)c1ccc(OC(CCN(C)C)c2ccccc2)c(C)c1. The second-order valence-corrected chi connectivity index (χ2v) is 6.15. The first-order valence-electron chi connectivity index (χ1n) is 7.95. The van der Waals surface area contributed by atoms with Crippen molar-refractivity contribution in [1.82, 2.24) is 4.90 Å². The van der Waals surface area contributed by atoms with Crippen LogP contribution in [0.25, 0.3) is 0 Å². The number of carbonyl (C=O) groups excluding carboxylic acids is 1. The largest absolute Gasteiger partial charge is 0.485 e. The number of benzene rings is 2. The van der Waals surface area contributed by atoms with E-state index in [1.165, 1.54) is 5.56 Å². The first-order valence-corrected chi connectivity index (χ1v) is 7.95. The summed E-state index contributed by atoms with van der Waals surface area (Å²) in [6.45, 7) is 4.51. The topological polar surface area (TPSA) is 29.5 Å². The molecule has 122 valence electrons. The van der Waals surface area contributed by atoms with Crippen LogP contribution in [0.2, 0.25) is 0 Å². The van der Waals surface area contributed by atoms with E-state index in [4.69, 9.17) is 4.74 Å². The van der Waals surface area contributed by atoms with E-state index < -0.39 is 0 Å². The van der Waals surface area contributed by atoms with Gasteiger partial charge in [0.2, 0.25) is 0 Å². The highest BCUT2D eigenvalue weighted by atomic mass is 16.5. The molecule has 23 heavy (non-hydrogen) atoms. The van der Waals surface area contributed by atoms with Crippen LogP contribution >= 0.6 is 0 Å². The highest BCUT2D eigenvalue weighted by Gasteiger charge is 2.15. The summed E-state index contributed by atoms with van der Waals surface area (Å²) in [6.07, 6.45) is 0.908. The minimum atomic E-state index is 0.000443. The molecule has 0 aliphatic carbocycles. The summed E-state index contributed by atoms with van der Waals surface area (Å²) in [5.74, 6) is 0.912. The molecular formula is C20H25NO2. The minimum Gasteiger partial charge on any atom is -0.485 e. The van der Waals surface area contributed by atoms with E-state index >= 15 is 0 Å². The standard InChI is InChI=1S/C20H25NO2/c1-15-14-18(16(2)22)10-11-19(15)23-20(12-13-21(3)4)17-8-6-5-7-9-17/h5-11,14,20H,12-13H2,1-4H3. The highest BCUT2D eigenvalue weighted by Crippen LogP contribution is 2.28. The zero-order chi connectivity index (χ0) is 16.8. The number of ether oxygens (including phenoxy) is 1. The van der Waals surface area contributed by atoms with Crippen LogP contribution in [0, 0.1) is 6.92 Å². The average molecular weight is 311 g/mol. The smallest absolute Gasteiger partial charge is 0.159 e. The fourth-order valence-corrected chi connectivity index (χ4v) is 2.49. The first-order chi connectivity index (χ1) is 11.0. The third-order valence-electron chi connectivity index (χ3n) is 3.86. The van der Waals surface area contributed by atoms with Gasteiger partial charge in [-0.05, 0) is 57.3 Å². The number of hydrogen-bond acceptors (Lipinski definition) is 3. The van der Waals surface area contributed by atoms with E-state index in [9.17, 15) is 4.79 Å². The number of carbonyl (C=O) groups is 1. The van der Waals surface area contributed by atoms with Crippen molar-refractivity contribution in [3.63, 3.8) is 0 Å². The Morgan fingerprint density at radius 2 is 1.83 bits per heavy atom. The molecule has 0 fully saturated rings. The summed E-state index contributed by atoms with van der Waals surface area (Å²) in [6, 6.07) is 15.9. The Hall–Kier alpha value is -2.13. The van der Waals surface area contributed by atoms with Gasteiger partial charge < -0.3 is 9.64 Å². The van der Waals surface area contributed by atoms with Crippen LogP contribution in [0.4, 0.5) is 0 Å². The Morgan fingerprint density at radius 1 is 1.13 bits per heavy atom. The molecular weight excluding hydrogens is 286 g/mol. The van der Waals surface area contributed by atoms with Gasteiger partial charge in [0.25, 0.3) is 0 Å². The van der Waals surface area contributed by atoms with E-state index in [0.29, 0.717) is 0 Å². The number of ketones is 1. The first kappa shape index (κ1) is 17.2. The van der Waals surface area contributed by atoms with Gasteiger partial charge in [0.1, 0.15) is 11.9 Å². The normalized spacial score (nSPS) is 12.2. The van der Waals surface area contributed by atoms with Gasteiger partial charge in [-0.3, -0.25) is 4.79 Å². The summed E-state index contributed by atoms with van der Waals surface area (Å²) in [5, 5.41) is 0. The van der Waals surface area contributed by atoms with Crippen molar-refractivity contribution in [3.05, 3.63) is 65.2 Å². The molecule has 0 bridgehead atoms. The predicted octanol–water partition coefficient (Wildman–Crippen LogP) is 4.27. The fraction of sp³-hybridized carbons (Fsp3) is 0.350. The van der Waals surface area contributed by atoms with Crippen LogP contribution in [0.3, 0.4) is 0 Å². The maximum absolute atomic E-state index is 11.5. The molecule has 0 saturated carbocycles. The lowest BCUT2D eigenvalue weighted by Crippen LogP contribution is -2.19. The van der Waals surface area contributed by atoms with E-state index in [2.05, 4.69) is 31.1 Å². The number of nitrogens with zero attached hydrogens (tertiary/aromatic N) is 1. The summed E-state index contributed by atoms with van der Waals surface area (Å²) in [4.78, 5) is 13.6. The lowest BCUT2D eigenvalue weighted by molar-refractivity contribution is 0.101. The molecule has 0 aromatic heterocycles. The maximum Gasteiger partial charge on any atom is 0.159 e. The van der Waals surface area contributed by atoms with Gasteiger partial charge in [-0.2, -0.15) is 0 Å². The van der Waals surface area contributed by atoms with Gasteiger partial charge >= 0.3 is 0 Å². The summed E-state index contributed by atoms with van der Waals surface area (Å²) in [5.41, 5.74) is 2.88. The van der Waals surface area contributed by atoms with Crippen LogP contribution in [-0.2, 0) is 0 Å². The second kappa shape index (κ2) is 7.93. The Labute approximate surface area is 138 Å². The number of hydrogen-bond donors (Lipinski definition) is 0. The molecule has 2 aromatic rings. The molecule has 0 amide bonds. The van der Waals surface area contributed by atoms with Gasteiger partial charge in [-0.1, -0.05) is 30.3 Å². The van der Waals surface area contributed by atoms with Crippen molar-refractivity contribution in [2.24, 2.45) is 0 Å². The van der Waals surface area contributed by atoms with E-state index in [-0.39, 0.29) is 11.9 Å². The van der Waals surface area contributed by atoms with Crippen LogP contribution in [0.1, 0.15) is 40.9 Å². The van der Waals surface area contributed by atoms with Crippen molar-refractivity contribution in [2.45, 2.75) is 26.4 Å². The maximum atomic E-state index is 11.5. The third kappa shape index (κ3) is 4.93. The Kier molecular flexibility index (Phi) is 5.94. The Morgan fingerprint density at radius 3 is 2.39 bits per heavy atom. The molecule has 0 N–H and O–H groups in total. The third-order valence-corrected chi connectivity index (χ3v) is 3.86. The molecule has 0 spiro atoms. The minimum absolute atomic E-state index is 0.000443. The molecule has 0 aliphatic heterocycles. The van der Waals surface area contributed by atoms with Crippen LogP contribution in [-0.4, -0.2) is 31.3 Å². The number of Topliss-reactive ketones (excluding diaryl/α,β-unsaturated/α-hetero) is 1. The predicted molar refractivity (Wildman–Crippen MR) is 94.2 cm³/mol. The quantitative estimate of drug-likeness (QED) is 0.715. The monoisotopic (exact) mass is 311 g/mol. The summed E-state index contributed by atoms with van der Waals surface area (Å²) >= 11 is 0. The van der Waals surface area contributed by atoms with Gasteiger partial charge in [-0.25, -0.2) is 0 Å². The highest BCUT2D eigenvalue weighted by molar-refractivity contribution is 5.94. The second-order valence-electron chi connectivity index (χ2n) is 6.15. The Balaban J connectivity index is 2.22. The number of rotatable bonds is 7. The van der Waals surface area contributed by atoms with E-state index in [1.54, 1.807) is 6.92 Å². The molecule has 0 radical (unpaired) electrons. The fourth-order valence-electron chi connectivity index (χ4n) is 2.49.